The zero-order valence-corrected chi connectivity index (χ0v) is 11.8. The highest BCUT2D eigenvalue weighted by molar-refractivity contribution is 5.17. The normalized spacial score (nSPS) is 41.4. The standard InChI is InChI=1S/C18H24O/c1-13(17-5-3-2-4-6-17)19-18-10-14-7-15(11-18)9-16(8-14)12-18/h2-6,13-16H,7-12H2,1H3. The summed E-state index contributed by atoms with van der Waals surface area (Å²) in [5.41, 5.74) is 1.56. The average molecular weight is 256 g/mol. The number of benzene rings is 1. The number of ether oxygens (including phenoxy) is 1. The molecule has 1 aromatic rings. The lowest BCUT2D eigenvalue weighted by molar-refractivity contribution is -0.186. The van der Waals surface area contributed by atoms with Crippen molar-refractivity contribution in [3.05, 3.63) is 35.9 Å². The molecule has 0 aromatic heterocycles. The molecule has 19 heavy (non-hydrogen) atoms. The zero-order valence-electron chi connectivity index (χ0n) is 11.8. The van der Waals surface area contributed by atoms with E-state index in [1.54, 1.807) is 0 Å². The maximum absolute atomic E-state index is 6.64. The fourth-order valence-electron chi connectivity index (χ4n) is 5.34. The van der Waals surface area contributed by atoms with E-state index in [1.807, 2.05) is 0 Å². The van der Waals surface area contributed by atoms with E-state index in [0.717, 1.165) is 17.8 Å². The molecule has 0 spiro atoms. The van der Waals surface area contributed by atoms with Crippen LogP contribution in [0.4, 0.5) is 0 Å². The van der Waals surface area contributed by atoms with E-state index in [0.29, 0.717) is 0 Å². The smallest absolute Gasteiger partial charge is 0.0804 e. The van der Waals surface area contributed by atoms with Crippen molar-refractivity contribution in [2.24, 2.45) is 17.8 Å². The molecule has 1 unspecified atom stereocenters. The van der Waals surface area contributed by atoms with Gasteiger partial charge in [0.25, 0.3) is 0 Å². The molecule has 0 N–H and O–H groups in total. The molecule has 4 fully saturated rings. The minimum absolute atomic E-state index is 0.226. The molecule has 102 valence electrons. The SMILES string of the molecule is CC(OC12CC3CC(CC(C3)C1)C2)c1ccccc1. The van der Waals surface area contributed by atoms with Gasteiger partial charge in [0, 0.05) is 0 Å². The summed E-state index contributed by atoms with van der Waals surface area (Å²) in [6.07, 6.45) is 8.70. The number of rotatable bonds is 3. The summed E-state index contributed by atoms with van der Waals surface area (Å²) in [7, 11) is 0. The third-order valence-corrected chi connectivity index (χ3v) is 5.68. The van der Waals surface area contributed by atoms with Crippen LogP contribution in [0, 0.1) is 17.8 Å². The molecule has 1 atom stereocenters. The number of hydrogen-bond acceptors (Lipinski definition) is 1. The van der Waals surface area contributed by atoms with Gasteiger partial charge in [0.2, 0.25) is 0 Å². The van der Waals surface area contributed by atoms with Crippen molar-refractivity contribution in [2.75, 3.05) is 0 Å². The van der Waals surface area contributed by atoms with Crippen LogP contribution in [-0.2, 0) is 4.74 Å². The van der Waals surface area contributed by atoms with Crippen LogP contribution in [0.15, 0.2) is 30.3 Å². The molecule has 4 saturated carbocycles. The first-order valence-corrected chi connectivity index (χ1v) is 7.95. The van der Waals surface area contributed by atoms with Crippen LogP contribution in [0.5, 0.6) is 0 Å². The van der Waals surface area contributed by atoms with Crippen molar-refractivity contribution >= 4 is 0 Å². The highest BCUT2D eigenvalue weighted by Gasteiger charge is 2.52. The van der Waals surface area contributed by atoms with Gasteiger partial charge in [0.05, 0.1) is 11.7 Å². The second-order valence-corrected chi connectivity index (χ2v) is 7.27. The Balaban J connectivity index is 1.53. The van der Waals surface area contributed by atoms with Crippen LogP contribution in [-0.4, -0.2) is 5.60 Å². The molecule has 0 aliphatic heterocycles. The summed E-state index contributed by atoms with van der Waals surface area (Å²) in [5.74, 6) is 2.90. The van der Waals surface area contributed by atoms with Gasteiger partial charge in [-0.3, -0.25) is 0 Å². The summed E-state index contributed by atoms with van der Waals surface area (Å²) in [5, 5.41) is 0. The summed E-state index contributed by atoms with van der Waals surface area (Å²) in [4.78, 5) is 0. The summed E-state index contributed by atoms with van der Waals surface area (Å²) >= 11 is 0. The van der Waals surface area contributed by atoms with Gasteiger partial charge in [-0.05, 0) is 68.8 Å². The zero-order chi connectivity index (χ0) is 12.9. The van der Waals surface area contributed by atoms with E-state index < -0.39 is 0 Å². The molecule has 5 rings (SSSR count). The molecule has 0 heterocycles. The van der Waals surface area contributed by atoms with Crippen molar-refractivity contribution in [1.82, 2.24) is 0 Å². The van der Waals surface area contributed by atoms with E-state index in [4.69, 9.17) is 4.74 Å². The largest absolute Gasteiger partial charge is 0.367 e. The van der Waals surface area contributed by atoms with Gasteiger partial charge in [-0.1, -0.05) is 30.3 Å². The van der Waals surface area contributed by atoms with Gasteiger partial charge < -0.3 is 4.74 Å². The Labute approximate surface area is 116 Å². The molecule has 4 aliphatic rings. The maximum Gasteiger partial charge on any atom is 0.0804 e. The van der Waals surface area contributed by atoms with Crippen LogP contribution < -0.4 is 0 Å². The Morgan fingerprint density at radius 1 is 0.947 bits per heavy atom. The Bertz CT molecular complexity index is 415. The average Bonchev–Trinajstić information content (AvgIpc) is 2.37. The van der Waals surface area contributed by atoms with Crippen LogP contribution in [0.25, 0.3) is 0 Å². The lowest BCUT2D eigenvalue weighted by Gasteiger charge is -2.57. The van der Waals surface area contributed by atoms with Crippen LogP contribution >= 0.6 is 0 Å². The molecule has 0 radical (unpaired) electrons. The first-order chi connectivity index (χ1) is 9.22. The Morgan fingerprint density at radius 3 is 2.00 bits per heavy atom. The van der Waals surface area contributed by atoms with Gasteiger partial charge in [0.1, 0.15) is 0 Å². The topological polar surface area (TPSA) is 9.23 Å². The van der Waals surface area contributed by atoms with E-state index in [9.17, 15) is 0 Å². The third kappa shape index (κ3) is 2.12. The number of hydrogen-bond donors (Lipinski definition) is 0. The Hall–Kier alpha value is -0.820. The molecule has 0 amide bonds. The van der Waals surface area contributed by atoms with Gasteiger partial charge >= 0.3 is 0 Å². The quantitative estimate of drug-likeness (QED) is 0.759. The summed E-state index contributed by atoms with van der Waals surface area (Å²) in [6.45, 7) is 2.23. The molecule has 1 aromatic carbocycles. The van der Waals surface area contributed by atoms with Gasteiger partial charge in [-0.25, -0.2) is 0 Å². The lowest BCUT2D eigenvalue weighted by atomic mass is 9.54. The fraction of sp³-hybridized carbons (Fsp3) is 0.667. The van der Waals surface area contributed by atoms with Crippen molar-refractivity contribution in [3.63, 3.8) is 0 Å². The molecule has 1 nitrogen and oxygen atoms in total. The maximum atomic E-state index is 6.64. The second-order valence-electron chi connectivity index (χ2n) is 7.27. The van der Waals surface area contributed by atoms with E-state index in [-0.39, 0.29) is 11.7 Å². The predicted octanol–water partition coefficient (Wildman–Crippen LogP) is 4.73. The highest BCUT2D eigenvalue weighted by Crippen LogP contribution is 2.58. The van der Waals surface area contributed by atoms with Crippen molar-refractivity contribution in [1.29, 1.82) is 0 Å². The highest BCUT2D eigenvalue weighted by atomic mass is 16.5. The van der Waals surface area contributed by atoms with Gasteiger partial charge in [0.15, 0.2) is 0 Å². The van der Waals surface area contributed by atoms with Gasteiger partial charge in [-0.15, -0.1) is 0 Å². The van der Waals surface area contributed by atoms with E-state index >= 15 is 0 Å². The second kappa shape index (κ2) is 4.34. The minimum Gasteiger partial charge on any atom is -0.367 e. The van der Waals surface area contributed by atoms with E-state index in [1.165, 1.54) is 44.1 Å². The van der Waals surface area contributed by atoms with Crippen molar-refractivity contribution < 1.29 is 4.74 Å². The summed E-state index contributed by atoms with van der Waals surface area (Å²) in [6, 6.07) is 10.7. The lowest BCUT2D eigenvalue weighted by Crippen LogP contribution is -2.52. The summed E-state index contributed by atoms with van der Waals surface area (Å²) < 4.78 is 6.64. The molecule has 0 saturated heterocycles. The predicted molar refractivity (Wildman–Crippen MR) is 76.8 cm³/mol. The van der Waals surface area contributed by atoms with Crippen molar-refractivity contribution in [3.8, 4) is 0 Å². The Kier molecular flexibility index (Phi) is 2.73. The third-order valence-electron chi connectivity index (χ3n) is 5.68. The molecule has 4 aliphatic carbocycles. The molecule has 1 heteroatoms. The first-order valence-electron chi connectivity index (χ1n) is 7.95. The van der Waals surface area contributed by atoms with Gasteiger partial charge in [-0.2, -0.15) is 0 Å². The molecular formula is C18H24O. The molecular weight excluding hydrogens is 232 g/mol. The van der Waals surface area contributed by atoms with Crippen molar-refractivity contribution in [2.45, 2.75) is 57.2 Å². The first kappa shape index (κ1) is 12.0. The van der Waals surface area contributed by atoms with Crippen LogP contribution in [0.1, 0.15) is 57.1 Å². The minimum atomic E-state index is 0.226. The molecule has 4 bridgehead atoms. The van der Waals surface area contributed by atoms with Crippen LogP contribution in [0.3, 0.4) is 0 Å². The van der Waals surface area contributed by atoms with E-state index in [2.05, 4.69) is 37.3 Å². The van der Waals surface area contributed by atoms with Crippen LogP contribution in [0.2, 0.25) is 0 Å². The Morgan fingerprint density at radius 2 is 1.47 bits per heavy atom. The fourth-order valence-corrected chi connectivity index (χ4v) is 5.34. The monoisotopic (exact) mass is 256 g/mol.